The molecule has 2 aromatic rings. The molecule has 1 aliphatic heterocycles. The van der Waals surface area contributed by atoms with Gasteiger partial charge in [0.2, 0.25) is 0 Å². The third-order valence-electron chi connectivity index (χ3n) is 4.46. The minimum Gasteiger partial charge on any atom is -0.627 e. The number of benzene rings is 2. The SMILES string of the molecule is [O-][N+]1(c2cccc3c2Cc2ccccc2-3)CCOCC1. The second-order valence-electron chi connectivity index (χ2n) is 5.59. The molecule has 0 saturated carbocycles. The quantitative estimate of drug-likeness (QED) is 0.501. The lowest BCUT2D eigenvalue weighted by Crippen LogP contribution is -2.52. The Morgan fingerprint density at radius 1 is 0.900 bits per heavy atom. The Bertz CT molecular complexity index is 660. The highest BCUT2D eigenvalue weighted by molar-refractivity contribution is 5.81. The zero-order valence-electron chi connectivity index (χ0n) is 11.3. The summed E-state index contributed by atoms with van der Waals surface area (Å²) in [5, 5.41) is 13.1. The lowest BCUT2D eigenvalue weighted by molar-refractivity contribution is 0.0613. The smallest absolute Gasteiger partial charge is 0.137 e. The normalized spacial score (nSPS) is 19.4. The number of ether oxygens (including phenoxy) is 1. The first-order valence-corrected chi connectivity index (χ1v) is 7.14. The van der Waals surface area contributed by atoms with Crippen LogP contribution in [-0.4, -0.2) is 26.3 Å². The summed E-state index contributed by atoms with van der Waals surface area (Å²) in [5.74, 6) is 0. The van der Waals surface area contributed by atoms with Gasteiger partial charge in [0.25, 0.3) is 0 Å². The van der Waals surface area contributed by atoms with Gasteiger partial charge >= 0.3 is 0 Å². The van der Waals surface area contributed by atoms with E-state index in [1.54, 1.807) is 0 Å². The average molecular weight is 267 g/mol. The lowest BCUT2D eigenvalue weighted by Gasteiger charge is -2.45. The lowest BCUT2D eigenvalue weighted by atomic mass is 10.0. The first-order valence-electron chi connectivity index (χ1n) is 7.14. The van der Waals surface area contributed by atoms with Gasteiger partial charge in [-0.3, -0.25) is 0 Å². The molecule has 20 heavy (non-hydrogen) atoms. The second kappa shape index (κ2) is 4.42. The van der Waals surface area contributed by atoms with E-state index < -0.39 is 0 Å². The van der Waals surface area contributed by atoms with E-state index >= 15 is 0 Å². The molecule has 0 spiro atoms. The van der Waals surface area contributed by atoms with E-state index in [2.05, 4.69) is 30.3 Å². The minimum atomic E-state index is -0.239. The van der Waals surface area contributed by atoms with E-state index in [0.29, 0.717) is 26.3 Å². The van der Waals surface area contributed by atoms with Crippen LogP contribution in [-0.2, 0) is 11.2 Å². The van der Waals surface area contributed by atoms with Crippen molar-refractivity contribution in [2.75, 3.05) is 26.3 Å². The summed E-state index contributed by atoms with van der Waals surface area (Å²) in [6, 6.07) is 14.6. The molecule has 2 aliphatic rings. The molecule has 1 aliphatic carbocycles. The number of fused-ring (bicyclic) bond motifs is 3. The first kappa shape index (κ1) is 12.1. The van der Waals surface area contributed by atoms with Crippen LogP contribution in [0.4, 0.5) is 5.69 Å². The maximum atomic E-state index is 13.1. The zero-order valence-corrected chi connectivity index (χ0v) is 11.3. The molecule has 2 aromatic carbocycles. The molecular weight excluding hydrogens is 250 g/mol. The van der Waals surface area contributed by atoms with Gasteiger partial charge < -0.3 is 14.6 Å². The van der Waals surface area contributed by atoms with Crippen LogP contribution in [0.1, 0.15) is 11.1 Å². The molecule has 0 bridgehead atoms. The second-order valence-corrected chi connectivity index (χ2v) is 5.59. The van der Waals surface area contributed by atoms with Crippen molar-refractivity contribution in [3.8, 4) is 11.1 Å². The Balaban J connectivity index is 1.85. The highest BCUT2D eigenvalue weighted by Gasteiger charge is 2.31. The van der Waals surface area contributed by atoms with Crippen LogP contribution in [0.2, 0.25) is 0 Å². The van der Waals surface area contributed by atoms with Crippen LogP contribution in [0, 0.1) is 5.21 Å². The monoisotopic (exact) mass is 267 g/mol. The molecule has 0 amide bonds. The number of rotatable bonds is 1. The fourth-order valence-electron chi connectivity index (χ4n) is 3.40. The number of nitrogens with zero attached hydrogens (tertiary/aromatic N) is 1. The van der Waals surface area contributed by atoms with Crippen molar-refractivity contribution in [1.82, 2.24) is 4.65 Å². The Morgan fingerprint density at radius 2 is 1.65 bits per heavy atom. The average Bonchev–Trinajstić information content (AvgIpc) is 2.86. The van der Waals surface area contributed by atoms with Crippen LogP contribution in [0.5, 0.6) is 0 Å². The van der Waals surface area contributed by atoms with Gasteiger partial charge in [-0.1, -0.05) is 36.4 Å². The molecule has 0 aromatic heterocycles. The van der Waals surface area contributed by atoms with Gasteiger partial charge in [-0.2, -0.15) is 0 Å². The van der Waals surface area contributed by atoms with Gasteiger partial charge in [0, 0.05) is 12.0 Å². The maximum absolute atomic E-state index is 13.1. The Morgan fingerprint density at radius 3 is 2.50 bits per heavy atom. The summed E-state index contributed by atoms with van der Waals surface area (Å²) in [6.45, 7) is 2.15. The van der Waals surface area contributed by atoms with Gasteiger partial charge in [-0.15, -0.1) is 0 Å². The summed E-state index contributed by atoms with van der Waals surface area (Å²) in [4.78, 5) is 0. The third-order valence-corrected chi connectivity index (χ3v) is 4.46. The topological polar surface area (TPSA) is 32.3 Å². The number of morpholine rings is 1. The molecule has 102 valence electrons. The van der Waals surface area contributed by atoms with Crippen molar-refractivity contribution in [2.24, 2.45) is 0 Å². The number of hydroxylamine groups is 2. The zero-order chi connectivity index (χ0) is 13.6. The fourth-order valence-corrected chi connectivity index (χ4v) is 3.40. The van der Waals surface area contributed by atoms with E-state index in [-0.39, 0.29) is 4.65 Å². The van der Waals surface area contributed by atoms with Gasteiger partial charge in [0.1, 0.15) is 18.8 Å². The van der Waals surface area contributed by atoms with E-state index in [4.69, 9.17) is 4.74 Å². The molecule has 4 rings (SSSR count). The fraction of sp³-hybridized carbons (Fsp3) is 0.294. The van der Waals surface area contributed by atoms with Crippen molar-refractivity contribution in [3.05, 3.63) is 58.8 Å². The predicted molar refractivity (Wildman–Crippen MR) is 80.4 cm³/mol. The van der Waals surface area contributed by atoms with Crippen molar-refractivity contribution >= 4 is 5.69 Å². The molecule has 3 heteroatoms. The highest BCUT2D eigenvalue weighted by Crippen LogP contribution is 2.43. The van der Waals surface area contributed by atoms with Crippen LogP contribution >= 0.6 is 0 Å². The molecule has 1 fully saturated rings. The van der Waals surface area contributed by atoms with Crippen LogP contribution < -0.4 is 4.65 Å². The molecule has 0 atom stereocenters. The molecule has 1 saturated heterocycles. The van der Waals surface area contributed by atoms with Gasteiger partial charge in [-0.25, -0.2) is 0 Å². The predicted octanol–water partition coefficient (Wildman–Crippen LogP) is 3.09. The van der Waals surface area contributed by atoms with Crippen molar-refractivity contribution in [2.45, 2.75) is 6.42 Å². The maximum Gasteiger partial charge on any atom is 0.137 e. The summed E-state index contributed by atoms with van der Waals surface area (Å²) in [6.07, 6.45) is 0.880. The van der Waals surface area contributed by atoms with Crippen molar-refractivity contribution in [3.63, 3.8) is 0 Å². The van der Waals surface area contributed by atoms with E-state index in [1.165, 1.54) is 22.3 Å². The molecule has 0 unspecified atom stereocenters. The highest BCUT2D eigenvalue weighted by atomic mass is 16.6. The number of quaternary nitrogens is 1. The van der Waals surface area contributed by atoms with Crippen LogP contribution in [0.15, 0.2) is 42.5 Å². The van der Waals surface area contributed by atoms with Gasteiger partial charge in [0.05, 0.1) is 13.2 Å². The Kier molecular flexibility index (Phi) is 2.67. The molecule has 0 radical (unpaired) electrons. The number of hydrogen-bond acceptors (Lipinski definition) is 2. The van der Waals surface area contributed by atoms with E-state index in [9.17, 15) is 5.21 Å². The number of hydrogen-bond donors (Lipinski definition) is 0. The summed E-state index contributed by atoms with van der Waals surface area (Å²) < 4.78 is 5.11. The summed E-state index contributed by atoms with van der Waals surface area (Å²) in [5.41, 5.74) is 5.99. The van der Waals surface area contributed by atoms with E-state index in [0.717, 1.165) is 12.1 Å². The minimum absolute atomic E-state index is 0.239. The van der Waals surface area contributed by atoms with Crippen LogP contribution in [0.25, 0.3) is 11.1 Å². The van der Waals surface area contributed by atoms with Crippen molar-refractivity contribution in [1.29, 1.82) is 0 Å². The van der Waals surface area contributed by atoms with Crippen molar-refractivity contribution < 1.29 is 4.74 Å². The van der Waals surface area contributed by atoms with Gasteiger partial charge in [0.15, 0.2) is 0 Å². The molecule has 0 N–H and O–H groups in total. The largest absolute Gasteiger partial charge is 0.627 e. The molecular formula is C17H17NO2. The molecule has 1 heterocycles. The Hall–Kier alpha value is -1.68. The summed E-state index contributed by atoms with van der Waals surface area (Å²) in [7, 11) is 0. The first-order chi connectivity index (χ1) is 9.78. The molecule has 3 nitrogen and oxygen atoms in total. The van der Waals surface area contributed by atoms with Crippen LogP contribution in [0.3, 0.4) is 0 Å². The summed E-state index contributed by atoms with van der Waals surface area (Å²) >= 11 is 0. The standard InChI is InChI=1S/C17H17NO2/c19-18(8-10-20-11-9-18)17-7-3-6-15-14-5-2-1-4-13(14)12-16(15)17/h1-7H,8-12H2. The van der Waals surface area contributed by atoms with Gasteiger partial charge in [-0.05, 0) is 22.8 Å². The third kappa shape index (κ3) is 1.71. The Labute approximate surface area is 118 Å². The van der Waals surface area contributed by atoms with E-state index in [1.807, 2.05) is 12.1 Å².